The Labute approximate surface area is 179 Å². The van der Waals surface area contributed by atoms with Gasteiger partial charge in [0.2, 0.25) is 0 Å². The second-order valence-electron chi connectivity index (χ2n) is 8.42. The van der Waals surface area contributed by atoms with Crippen LogP contribution in [0.5, 0.6) is 0 Å². The monoisotopic (exact) mass is 404 g/mol. The lowest BCUT2D eigenvalue weighted by atomic mass is 10.0. The van der Waals surface area contributed by atoms with Gasteiger partial charge in [0.1, 0.15) is 0 Å². The van der Waals surface area contributed by atoms with Crippen molar-refractivity contribution in [2.45, 2.75) is 39.4 Å². The number of hydrogen-bond donors (Lipinski definition) is 1. The minimum atomic E-state index is 0.237. The molecule has 0 spiro atoms. The summed E-state index contributed by atoms with van der Waals surface area (Å²) in [5.74, 6) is 0. The standard InChI is InChI=1S/C25H32N4O/c1-20-4-6-22(7-5-20)17-28-14-13-27(19-25(28)10-15-30)18-23-8-9-24(16-21(23)2)29-12-3-11-26-29/h3-9,11-12,16,25,30H,10,13-15,17-19H2,1-2H3/t25-/m0/s1. The first-order valence-electron chi connectivity index (χ1n) is 10.8. The maximum absolute atomic E-state index is 9.63. The molecule has 0 bridgehead atoms. The summed E-state index contributed by atoms with van der Waals surface area (Å²) in [4.78, 5) is 5.06. The molecule has 3 aromatic rings. The molecule has 2 aromatic carbocycles. The third kappa shape index (κ3) is 4.98. The molecule has 30 heavy (non-hydrogen) atoms. The predicted octanol–water partition coefficient (Wildman–Crippen LogP) is 3.56. The summed E-state index contributed by atoms with van der Waals surface area (Å²) in [5, 5.41) is 14.0. The number of rotatable bonds is 7. The normalized spacial score (nSPS) is 18.0. The van der Waals surface area contributed by atoms with Gasteiger partial charge in [0.15, 0.2) is 0 Å². The van der Waals surface area contributed by atoms with Gasteiger partial charge in [-0.1, -0.05) is 35.9 Å². The summed E-state index contributed by atoms with van der Waals surface area (Å²) in [7, 11) is 0. The first-order chi connectivity index (χ1) is 14.6. The lowest BCUT2D eigenvalue weighted by molar-refractivity contribution is 0.0499. The van der Waals surface area contributed by atoms with Crippen molar-refractivity contribution in [3.8, 4) is 5.69 Å². The van der Waals surface area contributed by atoms with Crippen LogP contribution in [-0.4, -0.2) is 57.0 Å². The number of piperazine rings is 1. The smallest absolute Gasteiger partial charge is 0.0648 e. The van der Waals surface area contributed by atoms with Crippen LogP contribution in [0, 0.1) is 13.8 Å². The molecule has 5 heteroatoms. The van der Waals surface area contributed by atoms with Crippen LogP contribution in [0.2, 0.25) is 0 Å². The van der Waals surface area contributed by atoms with Gasteiger partial charge in [-0.25, -0.2) is 4.68 Å². The largest absolute Gasteiger partial charge is 0.396 e. The molecule has 1 N–H and O–H groups in total. The molecule has 1 saturated heterocycles. The highest BCUT2D eigenvalue weighted by Crippen LogP contribution is 2.21. The number of hydrogen-bond acceptors (Lipinski definition) is 4. The van der Waals surface area contributed by atoms with E-state index in [2.05, 4.69) is 71.2 Å². The third-order valence-electron chi connectivity index (χ3n) is 6.15. The predicted molar refractivity (Wildman–Crippen MR) is 121 cm³/mol. The number of nitrogens with zero attached hydrogens (tertiary/aromatic N) is 4. The van der Waals surface area contributed by atoms with E-state index >= 15 is 0 Å². The first kappa shape index (κ1) is 20.8. The number of aryl methyl sites for hydroxylation is 2. The van der Waals surface area contributed by atoms with Crippen LogP contribution >= 0.6 is 0 Å². The Hall–Kier alpha value is -2.47. The van der Waals surface area contributed by atoms with E-state index in [0.717, 1.165) is 44.8 Å². The van der Waals surface area contributed by atoms with Crippen LogP contribution < -0.4 is 0 Å². The van der Waals surface area contributed by atoms with E-state index in [1.54, 1.807) is 6.20 Å². The van der Waals surface area contributed by atoms with Crippen LogP contribution in [0.3, 0.4) is 0 Å². The van der Waals surface area contributed by atoms with Gasteiger partial charge in [0.05, 0.1) is 5.69 Å². The molecule has 1 aromatic heterocycles. The lowest BCUT2D eigenvalue weighted by Gasteiger charge is -2.41. The molecule has 0 radical (unpaired) electrons. The minimum absolute atomic E-state index is 0.237. The molecule has 0 saturated carbocycles. The van der Waals surface area contributed by atoms with Gasteiger partial charge < -0.3 is 5.11 Å². The number of aliphatic hydroxyl groups excluding tert-OH is 1. The molecule has 0 amide bonds. The molecule has 1 atom stereocenters. The van der Waals surface area contributed by atoms with Crippen LogP contribution in [0.1, 0.15) is 28.7 Å². The van der Waals surface area contributed by atoms with Crippen molar-refractivity contribution in [2.24, 2.45) is 0 Å². The van der Waals surface area contributed by atoms with E-state index in [1.165, 1.54) is 22.3 Å². The minimum Gasteiger partial charge on any atom is -0.396 e. The maximum atomic E-state index is 9.63. The molecule has 1 aliphatic heterocycles. The summed E-state index contributed by atoms with van der Waals surface area (Å²) in [6.45, 7) is 9.52. The second kappa shape index (κ2) is 9.56. The molecule has 4 rings (SSSR count). The summed E-state index contributed by atoms with van der Waals surface area (Å²) < 4.78 is 1.90. The van der Waals surface area contributed by atoms with Gasteiger partial charge in [-0.05, 0) is 55.2 Å². The molecule has 2 heterocycles. The third-order valence-corrected chi connectivity index (χ3v) is 6.15. The molecule has 0 aliphatic carbocycles. The van der Waals surface area contributed by atoms with Crippen molar-refractivity contribution in [3.05, 3.63) is 83.2 Å². The Kier molecular flexibility index (Phi) is 6.62. The highest BCUT2D eigenvalue weighted by molar-refractivity contribution is 5.39. The summed E-state index contributed by atoms with van der Waals surface area (Å²) in [5.41, 5.74) is 6.40. The quantitative estimate of drug-likeness (QED) is 0.654. The Bertz CT molecular complexity index is 936. The van der Waals surface area contributed by atoms with E-state index in [4.69, 9.17) is 0 Å². The summed E-state index contributed by atoms with van der Waals surface area (Å²) >= 11 is 0. The second-order valence-corrected chi connectivity index (χ2v) is 8.42. The van der Waals surface area contributed by atoms with Crippen LogP contribution in [0.15, 0.2) is 60.9 Å². The van der Waals surface area contributed by atoms with Gasteiger partial charge in [0.25, 0.3) is 0 Å². The molecular weight excluding hydrogens is 372 g/mol. The zero-order valence-electron chi connectivity index (χ0n) is 18.0. The van der Waals surface area contributed by atoms with E-state index in [0.29, 0.717) is 6.04 Å². The SMILES string of the molecule is Cc1ccc(CN2CCN(Cc3ccc(-n4cccn4)cc3C)C[C@@H]2CCO)cc1. The van der Waals surface area contributed by atoms with Crippen molar-refractivity contribution >= 4 is 0 Å². The van der Waals surface area contributed by atoms with E-state index in [1.807, 2.05) is 16.9 Å². The van der Waals surface area contributed by atoms with E-state index in [9.17, 15) is 5.11 Å². The van der Waals surface area contributed by atoms with Gasteiger partial charge in [-0.2, -0.15) is 5.10 Å². The number of aromatic nitrogens is 2. The van der Waals surface area contributed by atoms with Crippen LogP contribution in [-0.2, 0) is 13.1 Å². The molecule has 1 aliphatic rings. The zero-order chi connectivity index (χ0) is 20.9. The van der Waals surface area contributed by atoms with Gasteiger partial charge >= 0.3 is 0 Å². The van der Waals surface area contributed by atoms with E-state index in [-0.39, 0.29) is 6.61 Å². The van der Waals surface area contributed by atoms with Crippen molar-refractivity contribution in [1.29, 1.82) is 0 Å². The Morgan fingerprint density at radius 1 is 1.03 bits per heavy atom. The average Bonchev–Trinajstić information content (AvgIpc) is 3.28. The highest BCUT2D eigenvalue weighted by atomic mass is 16.3. The molecule has 158 valence electrons. The Morgan fingerprint density at radius 3 is 2.57 bits per heavy atom. The van der Waals surface area contributed by atoms with Crippen LogP contribution in [0.25, 0.3) is 5.69 Å². The Balaban J connectivity index is 1.41. The van der Waals surface area contributed by atoms with Crippen molar-refractivity contribution in [2.75, 3.05) is 26.2 Å². The fraction of sp³-hybridized carbons (Fsp3) is 0.400. The topological polar surface area (TPSA) is 44.5 Å². The van der Waals surface area contributed by atoms with Gasteiger partial charge in [0, 0.05) is 57.8 Å². The average molecular weight is 405 g/mol. The van der Waals surface area contributed by atoms with Crippen molar-refractivity contribution in [1.82, 2.24) is 19.6 Å². The molecule has 5 nitrogen and oxygen atoms in total. The van der Waals surface area contributed by atoms with Gasteiger partial charge in [-0.15, -0.1) is 0 Å². The maximum Gasteiger partial charge on any atom is 0.0648 e. The number of benzene rings is 2. The first-order valence-corrected chi connectivity index (χ1v) is 10.8. The fourth-order valence-corrected chi connectivity index (χ4v) is 4.32. The summed E-state index contributed by atoms with van der Waals surface area (Å²) in [6.07, 6.45) is 4.60. The fourth-order valence-electron chi connectivity index (χ4n) is 4.32. The molecule has 1 fully saturated rings. The van der Waals surface area contributed by atoms with Crippen LogP contribution in [0.4, 0.5) is 0 Å². The van der Waals surface area contributed by atoms with Crippen molar-refractivity contribution < 1.29 is 5.11 Å². The van der Waals surface area contributed by atoms with Crippen molar-refractivity contribution in [3.63, 3.8) is 0 Å². The van der Waals surface area contributed by atoms with E-state index < -0.39 is 0 Å². The van der Waals surface area contributed by atoms with Gasteiger partial charge in [-0.3, -0.25) is 9.80 Å². The molecular formula is C25H32N4O. The number of aliphatic hydroxyl groups is 1. The zero-order valence-corrected chi connectivity index (χ0v) is 18.0. The molecule has 0 unspecified atom stereocenters. The highest BCUT2D eigenvalue weighted by Gasteiger charge is 2.26. The summed E-state index contributed by atoms with van der Waals surface area (Å²) in [6, 6.07) is 17.7. The lowest BCUT2D eigenvalue weighted by Crippen LogP contribution is -2.52. The Morgan fingerprint density at radius 2 is 1.87 bits per heavy atom.